The maximum absolute atomic E-state index is 10.7. The van der Waals surface area contributed by atoms with Crippen LogP contribution in [0.3, 0.4) is 0 Å². The van der Waals surface area contributed by atoms with E-state index in [9.17, 15) is 4.79 Å². The minimum Gasteiger partial charge on any atom is -0.342 e. The van der Waals surface area contributed by atoms with Crippen molar-refractivity contribution in [2.24, 2.45) is 0 Å². The highest BCUT2D eigenvalue weighted by atomic mass is 16.2. The van der Waals surface area contributed by atoms with Crippen LogP contribution in [0.4, 0.5) is 0 Å². The molecule has 0 N–H and O–H groups in total. The Balaban J connectivity index is 3.87. The van der Waals surface area contributed by atoms with Crippen LogP contribution >= 0.6 is 0 Å². The Hall–Kier alpha value is -1.01. The Morgan fingerprint density at radius 3 is 2.78 bits per heavy atom. The lowest BCUT2D eigenvalue weighted by Crippen LogP contribution is -2.23. The normalized spacial score (nSPS) is 7.78. The summed E-state index contributed by atoms with van der Waals surface area (Å²) in [5.41, 5.74) is 2.42. The summed E-state index contributed by atoms with van der Waals surface area (Å²) in [6.45, 7) is 5.92. The summed E-state index contributed by atoms with van der Waals surface area (Å²) in [5.74, 6) is -0.0486. The van der Waals surface area contributed by atoms with Gasteiger partial charge in [-0.25, -0.2) is 0 Å². The van der Waals surface area contributed by atoms with E-state index in [0.29, 0.717) is 0 Å². The van der Waals surface area contributed by atoms with Crippen molar-refractivity contribution in [3.63, 3.8) is 0 Å². The molecular formula is C7H11NO. The Labute approximate surface area is 55.5 Å². The topological polar surface area (TPSA) is 20.3 Å². The lowest BCUT2D eigenvalue weighted by Gasteiger charge is -2.09. The van der Waals surface area contributed by atoms with Crippen LogP contribution in [-0.4, -0.2) is 24.4 Å². The maximum atomic E-state index is 10.7. The average Bonchev–Trinajstić information content (AvgIpc) is 1.87. The minimum absolute atomic E-state index is 0.0486. The molecule has 0 aliphatic heterocycles. The van der Waals surface area contributed by atoms with E-state index in [-0.39, 0.29) is 5.91 Å². The molecule has 0 bridgehead atoms. The van der Waals surface area contributed by atoms with Crippen molar-refractivity contribution in [1.82, 2.24) is 4.90 Å². The number of hydrogen-bond acceptors (Lipinski definition) is 1. The first kappa shape index (κ1) is 7.99. The molecule has 0 atom stereocenters. The van der Waals surface area contributed by atoms with Crippen LogP contribution in [0.1, 0.15) is 6.92 Å². The zero-order chi connectivity index (χ0) is 7.28. The number of nitrogens with zero attached hydrogens (tertiary/aromatic N) is 1. The molecule has 0 aliphatic carbocycles. The second kappa shape index (κ2) is 3.93. The van der Waals surface area contributed by atoms with Gasteiger partial charge in [0.05, 0.1) is 0 Å². The highest BCUT2D eigenvalue weighted by Gasteiger charge is 1.98. The molecule has 0 aromatic rings. The van der Waals surface area contributed by atoms with E-state index < -0.39 is 0 Å². The van der Waals surface area contributed by atoms with Crippen molar-refractivity contribution in [1.29, 1.82) is 0 Å². The van der Waals surface area contributed by atoms with Gasteiger partial charge in [0.25, 0.3) is 5.91 Å². The number of likely N-dealkylation sites (N-methyl/N-ethyl adjacent to an activating group) is 1. The minimum atomic E-state index is -0.0486. The van der Waals surface area contributed by atoms with Gasteiger partial charge in [0, 0.05) is 19.7 Å². The smallest absolute Gasteiger partial charge is 0.254 e. The summed E-state index contributed by atoms with van der Waals surface area (Å²) in [7, 11) is 1.73. The van der Waals surface area contributed by atoms with E-state index in [4.69, 9.17) is 0 Å². The summed E-state index contributed by atoms with van der Waals surface area (Å²) in [6, 6.07) is 0. The van der Waals surface area contributed by atoms with E-state index in [1.54, 1.807) is 11.9 Å². The fourth-order valence-corrected chi connectivity index (χ4v) is 0.353. The third-order valence-corrected chi connectivity index (χ3v) is 1.08. The van der Waals surface area contributed by atoms with Crippen LogP contribution in [0.2, 0.25) is 0 Å². The molecule has 9 heavy (non-hydrogen) atoms. The van der Waals surface area contributed by atoms with Crippen LogP contribution in [-0.2, 0) is 4.79 Å². The number of hydrogen-bond donors (Lipinski definition) is 0. The second-order valence-corrected chi connectivity index (χ2v) is 1.70. The molecule has 0 radical (unpaired) electrons. The predicted molar refractivity (Wildman–Crippen MR) is 37.0 cm³/mol. The third-order valence-electron chi connectivity index (χ3n) is 1.08. The Kier molecular flexibility index (Phi) is 3.49. The molecule has 0 aromatic heterocycles. The Bertz CT molecular complexity index is 145. The molecule has 0 unspecified atom stereocenters. The molecule has 50 valence electrons. The standard InChI is InChI=1S/C7H11NO/c1-4-6-7(9)8(3)5-2/h6H,1,5H2,2-3H3. The maximum Gasteiger partial charge on any atom is 0.254 e. The van der Waals surface area contributed by atoms with Crippen molar-refractivity contribution in [3.8, 4) is 0 Å². The van der Waals surface area contributed by atoms with Gasteiger partial charge in [-0.05, 0) is 6.92 Å². The van der Waals surface area contributed by atoms with Crippen molar-refractivity contribution in [2.75, 3.05) is 13.6 Å². The quantitative estimate of drug-likeness (QED) is 0.395. The number of carbonyl (C=O) groups excluding carboxylic acids is 1. The van der Waals surface area contributed by atoms with Gasteiger partial charge in [0.1, 0.15) is 0 Å². The van der Waals surface area contributed by atoms with Gasteiger partial charge in [0.2, 0.25) is 0 Å². The summed E-state index contributed by atoms with van der Waals surface area (Å²) in [6.07, 6.45) is 1.32. The molecule has 0 heterocycles. The van der Waals surface area contributed by atoms with Crippen molar-refractivity contribution >= 4 is 5.91 Å². The van der Waals surface area contributed by atoms with Gasteiger partial charge in [-0.2, -0.15) is 0 Å². The number of amides is 1. The van der Waals surface area contributed by atoms with Gasteiger partial charge < -0.3 is 4.90 Å². The van der Waals surface area contributed by atoms with E-state index in [2.05, 4.69) is 12.3 Å². The molecule has 0 saturated carbocycles. The first-order chi connectivity index (χ1) is 4.22. The van der Waals surface area contributed by atoms with E-state index in [1.807, 2.05) is 6.92 Å². The van der Waals surface area contributed by atoms with Gasteiger partial charge >= 0.3 is 0 Å². The fourth-order valence-electron chi connectivity index (χ4n) is 0.353. The number of rotatable bonds is 2. The monoisotopic (exact) mass is 125 g/mol. The molecule has 0 spiro atoms. The van der Waals surface area contributed by atoms with Crippen molar-refractivity contribution in [3.05, 3.63) is 18.4 Å². The highest BCUT2D eigenvalue weighted by Crippen LogP contribution is 1.82. The van der Waals surface area contributed by atoms with Gasteiger partial charge in [-0.1, -0.05) is 6.58 Å². The van der Waals surface area contributed by atoms with Crippen LogP contribution in [0.25, 0.3) is 0 Å². The van der Waals surface area contributed by atoms with Crippen molar-refractivity contribution in [2.45, 2.75) is 6.92 Å². The molecule has 2 heteroatoms. The summed E-state index contributed by atoms with van der Waals surface area (Å²) < 4.78 is 0. The predicted octanol–water partition coefficient (Wildman–Crippen LogP) is 0.806. The summed E-state index contributed by atoms with van der Waals surface area (Å²) in [4.78, 5) is 12.3. The molecule has 0 saturated heterocycles. The zero-order valence-corrected chi connectivity index (χ0v) is 5.85. The second-order valence-electron chi connectivity index (χ2n) is 1.70. The Morgan fingerprint density at radius 2 is 2.44 bits per heavy atom. The molecule has 0 fully saturated rings. The van der Waals surface area contributed by atoms with E-state index >= 15 is 0 Å². The lowest BCUT2D eigenvalue weighted by molar-refractivity contribution is -0.124. The molecule has 1 amide bonds. The SMILES string of the molecule is C=C=CC(=O)N(C)CC. The third kappa shape index (κ3) is 2.73. The summed E-state index contributed by atoms with van der Waals surface area (Å²) in [5, 5.41) is 0. The average molecular weight is 125 g/mol. The molecule has 0 aliphatic rings. The van der Waals surface area contributed by atoms with Crippen LogP contribution in [0.5, 0.6) is 0 Å². The van der Waals surface area contributed by atoms with Gasteiger partial charge in [-0.3, -0.25) is 4.79 Å². The van der Waals surface area contributed by atoms with E-state index in [1.165, 1.54) is 6.08 Å². The lowest BCUT2D eigenvalue weighted by atomic mass is 10.5. The van der Waals surface area contributed by atoms with Gasteiger partial charge in [-0.15, -0.1) is 5.73 Å². The largest absolute Gasteiger partial charge is 0.342 e. The highest BCUT2D eigenvalue weighted by molar-refractivity contribution is 5.86. The van der Waals surface area contributed by atoms with Crippen LogP contribution < -0.4 is 0 Å². The molecule has 2 nitrogen and oxygen atoms in total. The summed E-state index contributed by atoms with van der Waals surface area (Å²) >= 11 is 0. The van der Waals surface area contributed by atoms with Crippen molar-refractivity contribution < 1.29 is 4.79 Å². The van der Waals surface area contributed by atoms with E-state index in [0.717, 1.165) is 6.54 Å². The first-order valence-corrected chi connectivity index (χ1v) is 2.83. The number of carbonyl (C=O) groups is 1. The van der Waals surface area contributed by atoms with Crippen LogP contribution in [0.15, 0.2) is 18.4 Å². The molecular weight excluding hydrogens is 114 g/mol. The fraction of sp³-hybridized carbons (Fsp3) is 0.429. The zero-order valence-electron chi connectivity index (χ0n) is 5.85. The Morgan fingerprint density at radius 1 is 1.89 bits per heavy atom. The van der Waals surface area contributed by atoms with Gasteiger partial charge in [0.15, 0.2) is 0 Å². The molecule has 0 aromatic carbocycles. The van der Waals surface area contributed by atoms with Crippen LogP contribution in [0, 0.1) is 0 Å². The first-order valence-electron chi connectivity index (χ1n) is 2.83. The molecule has 0 rings (SSSR count).